The fourth-order valence-corrected chi connectivity index (χ4v) is 3.06. The zero-order valence-electron chi connectivity index (χ0n) is 8.80. The molecule has 0 aromatic heterocycles. The van der Waals surface area contributed by atoms with Crippen molar-refractivity contribution in [1.29, 1.82) is 0 Å². The molecule has 0 amide bonds. The summed E-state index contributed by atoms with van der Waals surface area (Å²) in [4.78, 5) is 11.7. The average molecular weight is 196 g/mol. The van der Waals surface area contributed by atoms with Gasteiger partial charge in [-0.2, -0.15) is 0 Å². The molecule has 2 rings (SSSR count). The van der Waals surface area contributed by atoms with E-state index >= 15 is 0 Å². The van der Waals surface area contributed by atoms with E-state index in [2.05, 4.69) is 0 Å². The summed E-state index contributed by atoms with van der Waals surface area (Å²) < 4.78 is 0. The molecular weight excluding hydrogens is 176 g/mol. The maximum absolute atomic E-state index is 11.7. The minimum Gasteiger partial charge on any atom is -0.389 e. The molecule has 80 valence electrons. The SMILES string of the molecule is O=C1CCCCC1C1(O)CCCCC1. The molecule has 0 saturated heterocycles. The molecule has 0 bridgehead atoms. The van der Waals surface area contributed by atoms with Gasteiger partial charge in [-0.25, -0.2) is 0 Å². The number of carbonyl (C=O) groups is 1. The quantitative estimate of drug-likeness (QED) is 0.699. The molecule has 2 heteroatoms. The maximum Gasteiger partial charge on any atom is 0.138 e. The van der Waals surface area contributed by atoms with Crippen LogP contribution in [0.25, 0.3) is 0 Å². The number of ketones is 1. The van der Waals surface area contributed by atoms with Crippen LogP contribution in [0.15, 0.2) is 0 Å². The summed E-state index contributed by atoms with van der Waals surface area (Å²) >= 11 is 0. The number of aliphatic hydroxyl groups is 1. The van der Waals surface area contributed by atoms with Crippen LogP contribution in [0, 0.1) is 5.92 Å². The number of hydrogen-bond acceptors (Lipinski definition) is 2. The van der Waals surface area contributed by atoms with Gasteiger partial charge in [-0.05, 0) is 25.7 Å². The summed E-state index contributed by atoms with van der Waals surface area (Å²) in [5.74, 6) is 0.289. The highest BCUT2D eigenvalue weighted by atomic mass is 16.3. The Morgan fingerprint density at radius 3 is 2.43 bits per heavy atom. The Morgan fingerprint density at radius 2 is 1.79 bits per heavy atom. The minimum absolute atomic E-state index is 0.0310. The van der Waals surface area contributed by atoms with Gasteiger partial charge in [0.05, 0.1) is 5.60 Å². The summed E-state index contributed by atoms with van der Waals surface area (Å²) in [7, 11) is 0. The van der Waals surface area contributed by atoms with Crippen LogP contribution >= 0.6 is 0 Å². The molecule has 1 unspecified atom stereocenters. The first-order valence-corrected chi connectivity index (χ1v) is 5.97. The summed E-state index contributed by atoms with van der Waals surface area (Å²) in [6.45, 7) is 0. The van der Waals surface area contributed by atoms with Crippen molar-refractivity contribution in [2.75, 3.05) is 0 Å². The molecule has 2 saturated carbocycles. The normalized spacial score (nSPS) is 32.9. The predicted octanol–water partition coefficient (Wildman–Crippen LogP) is 2.44. The van der Waals surface area contributed by atoms with E-state index in [1.807, 2.05) is 0 Å². The lowest BCUT2D eigenvalue weighted by Gasteiger charge is -2.40. The lowest BCUT2D eigenvalue weighted by molar-refractivity contribution is -0.138. The molecular formula is C12H20O2. The van der Waals surface area contributed by atoms with Gasteiger partial charge < -0.3 is 5.11 Å². The van der Waals surface area contributed by atoms with Crippen LogP contribution < -0.4 is 0 Å². The van der Waals surface area contributed by atoms with Crippen molar-refractivity contribution in [3.8, 4) is 0 Å². The van der Waals surface area contributed by atoms with Crippen molar-refractivity contribution in [2.45, 2.75) is 63.4 Å². The van der Waals surface area contributed by atoms with Gasteiger partial charge in [-0.1, -0.05) is 25.7 Å². The first-order valence-electron chi connectivity index (χ1n) is 5.97. The van der Waals surface area contributed by atoms with Crippen LogP contribution in [0.3, 0.4) is 0 Å². The Labute approximate surface area is 85.7 Å². The van der Waals surface area contributed by atoms with Gasteiger partial charge in [-0.15, -0.1) is 0 Å². The lowest BCUT2D eigenvalue weighted by Crippen LogP contribution is -2.45. The lowest BCUT2D eigenvalue weighted by atomic mass is 9.69. The minimum atomic E-state index is -0.629. The van der Waals surface area contributed by atoms with Gasteiger partial charge in [0.25, 0.3) is 0 Å². The molecule has 0 aromatic carbocycles. The van der Waals surface area contributed by atoms with Crippen molar-refractivity contribution in [3.05, 3.63) is 0 Å². The molecule has 2 aliphatic rings. The van der Waals surface area contributed by atoms with Gasteiger partial charge in [0.15, 0.2) is 0 Å². The van der Waals surface area contributed by atoms with Crippen molar-refractivity contribution in [3.63, 3.8) is 0 Å². The third-order valence-electron chi connectivity index (χ3n) is 3.92. The van der Waals surface area contributed by atoms with E-state index in [-0.39, 0.29) is 5.92 Å². The largest absolute Gasteiger partial charge is 0.389 e. The molecule has 0 aromatic rings. The molecule has 0 heterocycles. The molecule has 0 spiro atoms. The van der Waals surface area contributed by atoms with Gasteiger partial charge in [0.1, 0.15) is 5.78 Å². The highest BCUT2D eigenvalue weighted by Gasteiger charge is 2.42. The van der Waals surface area contributed by atoms with Crippen LogP contribution in [-0.4, -0.2) is 16.5 Å². The van der Waals surface area contributed by atoms with Crippen molar-refractivity contribution in [2.24, 2.45) is 5.92 Å². The second-order valence-corrected chi connectivity index (χ2v) is 4.93. The highest BCUT2D eigenvalue weighted by molar-refractivity contribution is 5.82. The van der Waals surface area contributed by atoms with Gasteiger partial charge in [0.2, 0.25) is 0 Å². The maximum atomic E-state index is 11.7. The number of hydrogen-bond donors (Lipinski definition) is 1. The molecule has 1 atom stereocenters. The summed E-state index contributed by atoms with van der Waals surface area (Å²) in [6, 6.07) is 0. The van der Waals surface area contributed by atoms with Crippen molar-refractivity contribution < 1.29 is 9.90 Å². The molecule has 2 nitrogen and oxygen atoms in total. The summed E-state index contributed by atoms with van der Waals surface area (Å²) in [5.41, 5.74) is -0.629. The number of Topliss-reactive ketones (excluding diaryl/α,β-unsaturated/α-hetero) is 1. The molecule has 0 radical (unpaired) electrons. The van der Waals surface area contributed by atoms with Crippen LogP contribution in [0.2, 0.25) is 0 Å². The highest BCUT2D eigenvalue weighted by Crippen LogP contribution is 2.39. The Bertz CT molecular complexity index is 216. The summed E-state index contributed by atoms with van der Waals surface area (Å²) in [6.07, 6.45) is 8.91. The van der Waals surface area contributed by atoms with Crippen LogP contribution in [-0.2, 0) is 4.79 Å². The standard InChI is InChI=1S/C12H20O2/c13-11-7-3-2-6-10(11)12(14)8-4-1-5-9-12/h10,14H,1-9H2. The smallest absolute Gasteiger partial charge is 0.138 e. The number of rotatable bonds is 1. The van der Waals surface area contributed by atoms with E-state index < -0.39 is 5.60 Å². The van der Waals surface area contributed by atoms with Crippen molar-refractivity contribution in [1.82, 2.24) is 0 Å². The molecule has 2 fully saturated rings. The monoisotopic (exact) mass is 196 g/mol. The predicted molar refractivity (Wildman–Crippen MR) is 55.0 cm³/mol. The Balaban J connectivity index is 2.06. The zero-order valence-corrected chi connectivity index (χ0v) is 8.80. The summed E-state index contributed by atoms with van der Waals surface area (Å²) in [5, 5.41) is 10.4. The number of carbonyl (C=O) groups excluding carboxylic acids is 1. The third-order valence-corrected chi connectivity index (χ3v) is 3.92. The van der Waals surface area contributed by atoms with E-state index in [0.717, 1.165) is 44.9 Å². The van der Waals surface area contributed by atoms with Crippen LogP contribution in [0.1, 0.15) is 57.8 Å². The second-order valence-electron chi connectivity index (χ2n) is 4.93. The van der Waals surface area contributed by atoms with E-state index in [0.29, 0.717) is 12.2 Å². The topological polar surface area (TPSA) is 37.3 Å². The molecule has 2 aliphatic carbocycles. The van der Waals surface area contributed by atoms with Gasteiger partial charge in [0, 0.05) is 12.3 Å². The van der Waals surface area contributed by atoms with Crippen LogP contribution in [0.4, 0.5) is 0 Å². The molecule has 1 N–H and O–H groups in total. The molecule has 0 aliphatic heterocycles. The van der Waals surface area contributed by atoms with Gasteiger partial charge in [-0.3, -0.25) is 4.79 Å². The Kier molecular flexibility index (Phi) is 2.91. The van der Waals surface area contributed by atoms with E-state index in [1.165, 1.54) is 6.42 Å². The van der Waals surface area contributed by atoms with E-state index in [9.17, 15) is 9.90 Å². The first-order chi connectivity index (χ1) is 6.72. The zero-order chi connectivity index (χ0) is 10.0. The molecule has 14 heavy (non-hydrogen) atoms. The third kappa shape index (κ3) is 1.85. The average Bonchev–Trinajstić information content (AvgIpc) is 2.19. The Hall–Kier alpha value is -0.370. The first kappa shape index (κ1) is 10.2. The van der Waals surface area contributed by atoms with Crippen LogP contribution in [0.5, 0.6) is 0 Å². The Morgan fingerprint density at radius 1 is 1.07 bits per heavy atom. The van der Waals surface area contributed by atoms with E-state index in [4.69, 9.17) is 0 Å². The fraction of sp³-hybridized carbons (Fsp3) is 0.917. The second kappa shape index (κ2) is 4.01. The van der Waals surface area contributed by atoms with Crippen molar-refractivity contribution >= 4 is 5.78 Å². The fourth-order valence-electron chi connectivity index (χ4n) is 3.06. The van der Waals surface area contributed by atoms with Gasteiger partial charge >= 0.3 is 0 Å². The van der Waals surface area contributed by atoms with E-state index in [1.54, 1.807) is 0 Å².